The van der Waals surface area contributed by atoms with Crippen molar-refractivity contribution in [1.29, 1.82) is 0 Å². The minimum Gasteiger partial charge on any atom is -0.388 e. The number of rotatable bonds is 5. The van der Waals surface area contributed by atoms with Gasteiger partial charge in [0.05, 0.1) is 11.6 Å². The van der Waals surface area contributed by atoms with E-state index in [2.05, 4.69) is 10.3 Å². The lowest BCUT2D eigenvalue weighted by Crippen LogP contribution is -2.33. The van der Waals surface area contributed by atoms with Gasteiger partial charge in [0.1, 0.15) is 5.69 Å². The first-order valence-electron chi connectivity index (χ1n) is 6.09. The molecular weight excluding hydrogens is 260 g/mol. The van der Waals surface area contributed by atoms with Crippen molar-refractivity contribution in [1.82, 2.24) is 10.3 Å². The molecule has 2 rings (SSSR count). The molecule has 1 aromatic carbocycles. The first kappa shape index (κ1) is 13.7. The van der Waals surface area contributed by atoms with Crippen LogP contribution in [0.5, 0.6) is 0 Å². The molecule has 0 spiro atoms. The third kappa shape index (κ3) is 3.87. The summed E-state index contributed by atoms with van der Waals surface area (Å²) in [5.41, 5.74) is 2.90. The monoisotopic (exact) mass is 276 g/mol. The molecule has 2 atom stereocenters. The summed E-state index contributed by atoms with van der Waals surface area (Å²) in [4.78, 5) is 15.7. The lowest BCUT2D eigenvalue weighted by molar-refractivity contribution is 0.0912. The van der Waals surface area contributed by atoms with Crippen LogP contribution in [0.25, 0.3) is 0 Å². The molecular formula is C14H16N2O2S. The Labute approximate surface area is 116 Å². The van der Waals surface area contributed by atoms with Crippen LogP contribution in [0.15, 0.2) is 41.2 Å². The number of nitrogens with one attached hydrogen (secondary N) is 1. The molecule has 5 heteroatoms. The average Bonchev–Trinajstić information content (AvgIpc) is 2.93. The quantitative estimate of drug-likeness (QED) is 0.881. The predicted octanol–water partition coefficient (Wildman–Crippen LogP) is 2.39. The van der Waals surface area contributed by atoms with Gasteiger partial charge in [-0.3, -0.25) is 4.79 Å². The largest absolute Gasteiger partial charge is 0.388 e. The standard InChI is InChI=1S/C14H16N2O2S/c1-10(16-14(18)12-8-19-9-15-12)7-13(17)11-5-3-2-4-6-11/h2-6,8-10,13,17H,7H2,1H3,(H,16,18)/t10-,13+/m1/s1. The number of hydrogen-bond acceptors (Lipinski definition) is 4. The molecule has 2 aromatic rings. The van der Waals surface area contributed by atoms with E-state index >= 15 is 0 Å². The van der Waals surface area contributed by atoms with Gasteiger partial charge in [-0.25, -0.2) is 4.98 Å². The van der Waals surface area contributed by atoms with Crippen molar-refractivity contribution >= 4 is 17.2 Å². The van der Waals surface area contributed by atoms with E-state index in [1.165, 1.54) is 11.3 Å². The topological polar surface area (TPSA) is 62.2 Å². The van der Waals surface area contributed by atoms with E-state index in [0.29, 0.717) is 12.1 Å². The van der Waals surface area contributed by atoms with Gasteiger partial charge in [-0.05, 0) is 18.9 Å². The van der Waals surface area contributed by atoms with E-state index < -0.39 is 6.10 Å². The van der Waals surface area contributed by atoms with Crippen molar-refractivity contribution in [3.8, 4) is 0 Å². The molecule has 0 fully saturated rings. The number of nitrogens with zero attached hydrogens (tertiary/aromatic N) is 1. The number of amides is 1. The summed E-state index contributed by atoms with van der Waals surface area (Å²) in [7, 11) is 0. The zero-order valence-corrected chi connectivity index (χ0v) is 11.4. The number of benzene rings is 1. The van der Waals surface area contributed by atoms with Gasteiger partial charge in [-0.2, -0.15) is 0 Å². The van der Waals surface area contributed by atoms with Crippen LogP contribution in [0.3, 0.4) is 0 Å². The van der Waals surface area contributed by atoms with Gasteiger partial charge in [0.15, 0.2) is 0 Å². The molecule has 2 N–H and O–H groups in total. The molecule has 0 aliphatic heterocycles. The lowest BCUT2D eigenvalue weighted by atomic mass is 10.0. The highest BCUT2D eigenvalue weighted by atomic mass is 32.1. The number of carbonyl (C=O) groups is 1. The average molecular weight is 276 g/mol. The van der Waals surface area contributed by atoms with E-state index in [1.807, 2.05) is 37.3 Å². The van der Waals surface area contributed by atoms with E-state index in [1.54, 1.807) is 10.9 Å². The Morgan fingerprint density at radius 2 is 2.16 bits per heavy atom. The molecule has 0 saturated carbocycles. The van der Waals surface area contributed by atoms with Crippen molar-refractivity contribution in [2.45, 2.75) is 25.5 Å². The fourth-order valence-electron chi connectivity index (χ4n) is 1.83. The van der Waals surface area contributed by atoms with Crippen molar-refractivity contribution < 1.29 is 9.90 Å². The van der Waals surface area contributed by atoms with Gasteiger partial charge in [0, 0.05) is 11.4 Å². The number of aliphatic hydroxyl groups excluding tert-OH is 1. The Hall–Kier alpha value is -1.72. The molecule has 100 valence electrons. The number of hydrogen-bond donors (Lipinski definition) is 2. The fraction of sp³-hybridized carbons (Fsp3) is 0.286. The smallest absolute Gasteiger partial charge is 0.270 e. The molecule has 1 aromatic heterocycles. The van der Waals surface area contributed by atoms with Crippen LogP contribution in [0.4, 0.5) is 0 Å². The minimum atomic E-state index is -0.577. The predicted molar refractivity (Wildman–Crippen MR) is 75.1 cm³/mol. The first-order valence-corrected chi connectivity index (χ1v) is 7.03. The minimum absolute atomic E-state index is 0.121. The molecule has 1 amide bonds. The van der Waals surface area contributed by atoms with Gasteiger partial charge >= 0.3 is 0 Å². The second kappa shape index (κ2) is 6.45. The normalized spacial score (nSPS) is 13.8. The molecule has 0 bridgehead atoms. The second-order valence-corrected chi connectivity index (χ2v) is 5.13. The highest BCUT2D eigenvalue weighted by Crippen LogP contribution is 2.17. The van der Waals surface area contributed by atoms with E-state index in [-0.39, 0.29) is 11.9 Å². The molecule has 0 aliphatic carbocycles. The summed E-state index contributed by atoms with van der Waals surface area (Å²) < 4.78 is 0. The van der Waals surface area contributed by atoms with E-state index in [4.69, 9.17) is 0 Å². The molecule has 0 unspecified atom stereocenters. The molecule has 0 aliphatic rings. The van der Waals surface area contributed by atoms with Crippen molar-refractivity contribution in [2.75, 3.05) is 0 Å². The van der Waals surface area contributed by atoms with Crippen LogP contribution in [-0.2, 0) is 0 Å². The summed E-state index contributed by atoms with van der Waals surface area (Å²) >= 11 is 1.38. The third-order valence-electron chi connectivity index (χ3n) is 2.80. The zero-order chi connectivity index (χ0) is 13.7. The zero-order valence-electron chi connectivity index (χ0n) is 10.6. The Morgan fingerprint density at radius 1 is 1.42 bits per heavy atom. The number of aliphatic hydroxyl groups is 1. The summed E-state index contributed by atoms with van der Waals surface area (Å²) in [5, 5.41) is 14.6. The Balaban J connectivity index is 1.88. The van der Waals surface area contributed by atoms with Gasteiger partial charge in [0.2, 0.25) is 0 Å². The van der Waals surface area contributed by atoms with Gasteiger partial charge in [0.25, 0.3) is 5.91 Å². The maximum atomic E-state index is 11.8. The number of thiazole rings is 1. The van der Waals surface area contributed by atoms with Crippen LogP contribution >= 0.6 is 11.3 Å². The van der Waals surface area contributed by atoms with Crippen LogP contribution in [0.2, 0.25) is 0 Å². The van der Waals surface area contributed by atoms with E-state index in [0.717, 1.165) is 5.56 Å². The Bertz CT molecular complexity index is 514. The van der Waals surface area contributed by atoms with Crippen molar-refractivity contribution in [3.63, 3.8) is 0 Å². The first-order chi connectivity index (χ1) is 9.16. The molecule has 0 saturated heterocycles. The fourth-order valence-corrected chi connectivity index (χ4v) is 2.36. The highest BCUT2D eigenvalue weighted by Gasteiger charge is 2.15. The molecule has 1 heterocycles. The van der Waals surface area contributed by atoms with Gasteiger partial charge in [-0.15, -0.1) is 11.3 Å². The summed E-state index contributed by atoms with van der Waals surface area (Å²) in [6.07, 6.45) is -0.105. The van der Waals surface area contributed by atoms with E-state index in [9.17, 15) is 9.90 Å². The van der Waals surface area contributed by atoms with Gasteiger partial charge < -0.3 is 10.4 Å². The second-order valence-electron chi connectivity index (χ2n) is 4.41. The lowest BCUT2D eigenvalue weighted by Gasteiger charge is -2.17. The third-order valence-corrected chi connectivity index (χ3v) is 3.39. The van der Waals surface area contributed by atoms with Crippen LogP contribution in [0, 0.1) is 0 Å². The van der Waals surface area contributed by atoms with Gasteiger partial charge in [-0.1, -0.05) is 30.3 Å². The SMILES string of the molecule is C[C@H](C[C@H](O)c1ccccc1)NC(=O)c1cscn1. The van der Waals surface area contributed by atoms with Crippen LogP contribution in [-0.4, -0.2) is 22.0 Å². The summed E-state index contributed by atoms with van der Waals surface area (Å²) in [6, 6.07) is 9.31. The Kier molecular flexibility index (Phi) is 4.65. The Morgan fingerprint density at radius 3 is 2.79 bits per heavy atom. The van der Waals surface area contributed by atoms with Crippen LogP contribution in [0.1, 0.15) is 35.5 Å². The molecule has 0 radical (unpaired) electrons. The maximum absolute atomic E-state index is 11.8. The summed E-state index contributed by atoms with van der Waals surface area (Å²) in [5.74, 6) is -0.200. The van der Waals surface area contributed by atoms with Crippen LogP contribution < -0.4 is 5.32 Å². The summed E-state index contributed by atoms with van der Waals surface area (Å²) in [6.45, 7) is 1.87. The number of carbonyl (C=O) groups excluding carboxylic acids is 1. The van der Waals surface area contributed by atoms with Crippen molar-refractivity contribution in [2.24, 2.45) is 0 Å². The molecule has 19 heavy (non-hydrogen) atoms. The number of aromatic nitrogens is 1. The molecule has 4 nitrogen and oxygen atoms in total. The maximum Gasteiger partial charge on any atom is 0.270 e. The van der Waals surface area contributed by atoms with Crippen molar-refractivity contribution in [3.05, 3.63) is 52.5 Å². The highest BCUT2D eigenvalue weighted by molar-refractivity contribution is 7.07.